The fourth-order valence-corrected chi connectivity index (χ4v) is 6.31. The number of hydrogen-bond donors (Lipinski definition) is 2. The van der Waals surface area contributed by atoms with Crippen LogP contribution in [-0.2, 0) is 11.2 Å². The van der Waals surface area contributed by atoms with E-state index in [9.17, 15) is 14.4 Å². The fraction of sp³-hybridized carbons (Fsp3) is 0.171. The quantitative estimate of drug-likeness (QED) is 0.239. The predicted molar refractivity (Wildman–Crippen MR) is 164 cm³/mol. The molecule has 7 rings (SSSR count). The number of aromatic nitrogens is 1. The van der Waals surface area contributed by atoms with Crippen molar-refractivity contribution in [2.75, 3.05) is 10.2 Å². The fourth-order valence-electron chi connectivity index (χ4n) is 6.31. The van der Waals surface area contributed by atoms with E-state index in [-0.39, 0.29) is 17.8 Å². The molecule has 2 aliphatic rings. The number of benzene rings is 4. The zero-order valence-electron chi connectivity index (χ0n) is 23.6. The van der Waals surface area contributed by atoms with Crippen molar-refractivity contribution in [3.63, 3.8) is 0 Å². The number of amides is 4. The van der Waals surface area contributed by atoms with E-state index < -0.39 is 12.1 Å². The maximum absolute atomic E-state index is 14.1. The van der Waals surface area contributed by atoms with Gasteiger partial charge < -0.3 is 10.3 Å². The molecule has 1 saturated heterocycles. The molecule has 0 spiro atoms. The number of imide groups is 1. The van der Waals surface area contributed by atoms with Crippen molar-refractivity contribution in [3.05, 3.63) is 130 Å². The highest BCUT2D eigenvalue weighted by Gasteiger charge is 2.53. The summed E-state index contributed by atoms with van der Waals surface area (Å²) in [5.74, 6) is -0.520. The van der Waals surface area contributed by atoms with E-state index in [0.29, 0.717) is 23.4 Å². The summed E-state index contributed by atoms with van der Waals surface area (Å²) in [6, 6.07) is 27.1. The lowest BCUT2D eigenvalue weighted by Gasteiger charge is -2.36. The lowest BCUT2D eigenvalue weighted by molar-refractivity contribution is -0.120. The average Bonchev–Trinajstić information content (AvgIpc) is 3.48. The van der Waals surface area contributed by atoms with Gasteiger partial charge in [-0.05, 0) is 91.1 Å². The number of nitrogens with zero attached hydrogens (tertiary/aromatic N) is 2. The van der Waals surface area contributed by atoms with E-state index in [4.69, 9.17) is 0 Å². The average molecular weight is 555 g/mol. The number of nitrogens with one attached hydrogen (secondary N) is 2. The Morgan fingerprint density at radius 1 is 0.833 bits per heavy atom. The van der Waals surface area contributed by atoms with Crippen LogP contribution < -0.4 is 10.2 Å². The Morgan fingerprint density at radius 2 is 1.57 bits per heavy atom. The first-order chi connectivity index (χ1) is 20.3. The number of rotatable bonds is 4. The van der Waals surface area contributed by atoms with Crippen LogP contribution in [0.4, 0.5) is 16.2 Å². The van der Waals surface area contributed by atoms with Crippen LogP contribution in [0, 0.1) is 20.8 Å². The van der Waals surface area contributed by atoms with Crippen molar-refractivity contribution in [2.45, 2.75) is 39.3 Å². The first-order valence-corrected chi connectivity index (χ1v) is 14.1. The first kappa shape index (κ1) is 25.8. The smallest absolute Gasteiger partial charge is 0.332 e. The number of urea groups is 1. The SMILES string of the molecule is Cc1ccc(NC(=O)c2ccc(N3C(=O)C4Cc5c([nH]c6ccccc56)C(c5ccccc5C)N4C3=O)cc2)cc1C. The zero-order chi connectivity index (χ0) is 29.1. The molecule has 7 heteroatoms. The van der Waals surface area contributed by atoms with Gasteiger partial charge in [-0.3, -0.25) is 14.5 Å². The maximum Gasteiger partial charge on any atom is 0.332 e. The zero-order valence-corrected chi connectivity index (χ0v) is 23.6. The Morgan fingerprint density at radius 3 is 2.33 bits per heavy atom. The second kappa shape index (κ2) is 9.73. The number of para-hydroxylation sites is 1. The molecular weight excluding hydrogens is 524 g/mol. The first-order valence-electron chi connectivity index (χ1n) is 14.1. The molecule has 2 unspecified atom stereocenters. The number of H-pyrrole nitrogens is 1. The number of carbonyl (C=O) groups excluding carboxylic acids is 3. The predicted octanol–water partition coefficient (Wildman–Crippen LogP) is 6.83. The van der Waals surface area contributed by atoms with E-state index in [1.807, 2.05) is 81.4 Å². The standard InChI is InChI=1S/C35H30N4O3/c1-20-12-15-24(18-22(20)3)36-33(40)23-13-16-25(17-14-23)38-34(41)30-19-28-27-10-6-7-11-29(27)37-31(28)32(39(30)35(38)42)26-9-5-4-8-21(26)2/h4-18,30,32,37H,19H2,1-3H3,(H,36,40). The third kappa shape index (κ3) is 4.00. The molecule has 0 bridgehead atoms. The molecule has 0 saturated carbocycles. The van der Waals surface area contributed by atoms with E-state index in [2.05, 4.69) is 16.4 Å². The van der Waals surface area contributed by atoms with Crippen molar-refractivity contribution >= 4 is 40.1 Å². The Labute approximate surface area is 243 Å². The number of carbonyl (C=O) groups is 3. The minimum absolute atomic E-state index is 0.258. The monoisotopic (exact) mass is 554 g/mol. The lowest BCUT2D eigenvalue weighted by atomic mass is 9.87. The molecule has 42 heavy (non-hydrogen) atoms. The largest absolute Gasteiger partial charge is 0.356 e. The van der Waals surface area contributed by atoms with Gasteiger partial charge in [-0.2, -0.15) is 0 Å². The van der Waals surface area contributed by atoms with Crippen LogP contribution in [-0.4, -0.2) is 33.8 Å². The van der Waals surface area contributed by atoms with Crippen LogP contribution in [0.15, 0.2) is 91.0 Å². The van der Waals surface area contributed by atoms with Crippen molar-refractivity contribution in [3.8, 4) is 0 Å². The van der Waals surface area contributed by atoms with E-state index in [1.165, 1.54) is 4.90 Å². The molecule has 1 aromatic heterocycles. The summed E-state index contributed by atoms with van der Waals surface area (Å²) in [5, 5.41) is 4.00. The van der Waals surface area contributed by atoms with Crippen LogP contribution in [0.25, 0.3) is 10.9 Å². The molecule has 3 heterocycles. The Kier molecular flexibility index (Phi) is 5.97. The van der Waals surface area contributed by atoms with Crippen LogP contribution in [0.1, 0.15) is 49.9 Å². The number of aromatic amines is 1. The van der Waals surface area contributed by atoms with Gasteiger partial charge in [0.1, 0.15) is 12.1 Å². The van der Waals surface area contributed by atoms with Gasteiger partial charge in [0.15, 0.2) is 0 Å². The topological polar surface area (TPSA) is 85.5 Å². The van der Waals surface area contributed by atoms with Crippen LogP contribution in [0.2, 0.25) is 0 Å². The van der Waals surface area contributed by atoms with Gasteiger partial charge in [0.2, 0.25) is 0 Å². The molecule has 2 N–H and O–H groups in total. The van der Waals surface area contributed by atoms with E-state index in [1.54, 1.807) is 29.2 Å². The van der Waals surface area contributed by atoms with E-state index in [0.717, 1.165) is 44.4 Å². The number of hydrogen-bond acceptors (Lipinski definition) is 3. The van der Waals surface area contributed by atoms with Crippen molar-refractivity contribution < 1.29 is 14.4 Å². The van der Waals surface area contributed by atoms with Crippen molar-refractivity contribution in [1.29, 1.82) is 0 Å². The molecule has 0 aliphatic carbocycles. The van der Waals surface area contributed by atoms with Gasteiger partial charge in [0.05, 0.1) is 5.69 Å². The molecule has 1 fully saturated rings. The minimum atomic E-state index is -0.637. The highest BCUT2D eigenvalue weighted by molar-refractivity contribution is 6.22. The molecule has 2 aliphatic heterocycles. The van der Waals surface area contributed by atoms with Gasteiger partial charge in [-0.1, -0.05) is 48.5 Å². The van der Waals surface area contributed by atoms with E-state index >= 15 is 0 Å². The Balaban J connectivity index is 1.23. The summed E-state index contributed by atoms with van der Waals surface area (Å²) in [6.45, 7) is 6.05. The van der Waals surface area contributed by atoms with Crippen LogP contribution in [0.5, 0.6) is 0 Å². The summed E-state index contributed by atoms with van der Waals surface area (Å²) in [6.07, 6.45) is 0.430. The molecule has 2 atom stereocenters. The van der Waals surface area contributed by atoms with Crippen LogP contribution >= 0.6 is 0 Å². The summed E-state index contributed by atoms with van der Waals surface area (Å²) in [5.41, 5.74) is 8.88. The normalized spacial score (nSPS) is 17.9. The molecule has 7 nitrogen and oxygen atoms in total. The second-order valence-corrected chi connectivity index (χ2v) is 11.2. The highest BCUT2D eigenvalue weighted by Crippen LogP contribution is 2.45. The van der Waals surface area contributed by atoms with Gasteiger partial charge in [0.25, 0.3) is 11.8 Å². The maximum atomic E-state index is 14.1. The molecule has 4 amide bonds. The van der Waals surface area contributed by atoms with Crippen molar-refractivity contribution in [1.82, 2.24) is 9.88 Å². The second-order valence-electron chi connectivity index (χ2n) is 11.2. The number of aryl methyl sites for hydroxylation is 3. The third-order valence-corrected chi connectivity index (χ3v) is 8.68. The molecule has 208 valence electrons. The van der Waals surface area contributed by atoms with Gasteiger partial charge >= 0.3 is 6.03 Å². The Bertz CT molecular complexity index is 1910. The number of anilines is 2. The summed E-state index contributed by atoms with van der Waals surface area (Å²) in [4.78, 5) is 47.6. The molecule has 4 aromatic carbocycles. The minimum Gasteiger partial charge on any atom is -0.356 e. The summed E-state index contributed by atoms with van der Waals surface area (Å²) < 4.78 is 0. The molecule has 5 aromatic rings. The van der Waals surface area contributed by atoms with Crippen LogP contribution in [0.3, 0.4) is 0 Å². The Hall–Kier alpha value is -5.17. The summed E-state index contributed by atoms with van der Waals surface area (Å²) in [7, 11) is 0. The lowest BCUT2D eigenvalue weighted by Crippen LogP contribution is -2.44. The third-order valence-electron chi connectivity index (χ3n) is 8.68. The molecule has 0 radical (unpaired) electrons. The highest BCUT2D eigenvalue weighted by atomic mass is 16.2. The van der Waals surface area contributed by atoms with Crippen molar-refractivity contribution in [2.24, 2.45) is 0 Å². The van der Waals surface area contributed by atoms with Gasteiger partial charge in [-0.15, -0.1) is 0 Å². The molecular formula is C35H30N4O3. The van der Waals surface area contributed by atoms with Gasteiger partial charge in [0, 0.05) is 34.3 Å². The summed E-state index contributed by atoms with van der Waals surface area (Å²) >= 11 is 0. The van der Waals surface area contributed by atoms with Gasteiger partial charge in [-0.25, -0.2) is 9.69 Å². The number of fused-ring (bicyclic) bond motifs is 4.